The van der Waals surface area contributed by atoms with Crippen LogP contribution >= 0.6 is 38.9 Å². The normalized spacial score (nSPS) is 11.0. The van der Waals surface area contributed by atoms with E-state index in [1.165, 1.54) is 17.4 Å². The molecule has 1 N–H and O–H groups in total. The molecule has 0 aliphatic heterocycles. The van der Waals surface area contributed by atoms with Crippen molar-refractivity contribution in [1.29, 1.82) is 0 Å². The lowest BCUT2D eigenvalue weighted by molar-refractivity contribution is 0.614. The summed E-state index contributed by atoms with van der Waals surface area (Å²) < 4.78 is 15.8. The van der Waals surface area contributed by atoms with E-state index in [9.17, 15) is 4.39 Å². The number of hydrogen-bond donors (Lipinski definition) is 1. The summed E-state index contributed by atoms with van der Waals surface area (Å²) >= 11 is 10.9. The highest BCUT2D eigenvalue weighted by molar-refractivity contribution is 9.10. The number of hydrogen-bond acceptors (Lipinski definition) is 3. The van der Waals surface area contributed by atoms with Crippen LogP contribution in [0.5, 0.6) is 0 Å². The Morgan fingerprint density at radius 2 is 2.10 bits per heavy atom. The zero-order chi connectivity index (χ0) is 15.6. The molecule has 0 radical (unpaired) electrons. The molecule has 0 aliphatic carbocycles. The lowest BCUT2D eigenvalue weighted by Crippen LogP contribution is -2.26. The van der Waals surface area contributed by atoms with Gasteiger partial charge in [0.2, 0.25) is 0 Å². The Hall–Kier alpha value is -0.780. The zero-order valence-corrected chi connectivity index (χ0v) is 15.2. The highest BCUT2D eigenvalue weighted by Crippen LogP contribution is 2.32. The Kier molecular flexibility index (Phi) is 5.52. The lowest BCUT2D eigenvalue weighted by atomic mass is 10.2. The second kappa shape index (κ2) is 6.99. The Labute approximate surface area is 142 Å². The van der Waals surface area contributed by atoms with Gasteiger partial charge in [0.05, 0.1) is 5.69 Å². The third-order valence-electron chi connectivity index (χ3n) is 3.27. The predicted molar refractivity (Wildman–Crippen MR) is 94.3 cm³/mol. The van der Waals surface area contributed by atoms with Crippen LogP contribution in [0.4, 0.5) is 15.8 Å². The molecule has 0 atom stereocenters. The molecule has 114 valence electrons. The maximum absolute atomic E-state index is 14.1. The van der Waals surface area contributed by atoms with Gasteiger partial charge in [0, 0.05) is 34.7 Å². The number of benzene rings is 1. The van der Waals surface area contributed by atoms with Gasteiger partial charge >= 0.3 is 0 Å². The Bertz CT molecular complexity index is 611. The van der Waals surface area contributed by atoms with Crippen molar-refractivity contribution in [2.75, 3.05) is 17.3 Å². The first-order valence-corrected chi connectivity index (χ1v) is 8.57. The standard InChI is InChI=1S/C15H17BrClFN2S/c1-9(2)20(3)14-5-4-10(6-13(14)18)19-8-11-7-12(16)15(17)21-11/h4-7,9,19H,8H2,1-3H3. The molecule has 1 heterocycles. The number of nitrogens with zero attached hydrogens (tertiary/aromatic N) is 1. The van der Waals surface area contributed by atoms with Crippen molar-refractivity contribution in [2.45, 2.75) is 26.4 Å². The summed E-state index contributed by atoms with van der Waals surface area (Å²) in [5.74, 6) is -0.221. The summed E-state index contributed by atoms with van der Waals surface area (Å²) in [4.78, 5) is 3.01. The smallest absolute Gasteiger partial charge is 0.148 e. The molecule has 0 aliphatic rings. The zero-order valence-electron chi connectivity index (χ0n) is 12.1. The van der Waals surface area contributed by atoms with Crippen molar-refractivity contribution in [3.8, 4) is 0 Å². The van der Waals surface area contributed by atoms with Crippen LogP contribution in [0.15, 0.2) is 28.7 Å². The first-order valence-electron chi connectivity index (χ1n) is 6.58. The fourth-order valence-corrected chi connectivity index (χ4v) is 3.58. The molecule has 1 aromatic carbocycles. The van der Waals surface area contributed by atoms with Crippen molar-refractivity contribution in [1.82, 2.24) is 0 Å². The fraction of sp³-hybridized carbons (Fsp3) is 0.333. The van der Waals surface area contributed by atoms with E-state index in [0.717, 1.165) is 19.4 Å². The molecule has 6 heteroatoms. The molecular formula is C15H17BrClFN2S. The van der Waals surface area contributed by atoms with Gasteiger partial charge in [-0.2, -0.15) is 0 Å². The highest BCUT2D eigenvalue weighted by Gasteiger charge is 2.11. The first-order chi connectivity index (χ1) is 9.88. The van der Waals surface area contributed by atoms with E-state index >= 15 is 0 Å². The molecule has 2 nitrogen and oxygen atoms in total. The van der Waals surface area contributed by atoms with E-state index in [2.05, 4.69) is 21.2 Å². The van der Waals surface area contributed by atoms with E-state index < -0.39 is 0 Å². The van der Waals surface area contributed by atoms with E-state index in [1.807, 2.05) is 37.9 Å². The summed E-state index contributed by atoms with van der Waals surface area (Å²) in [5, 5.41) is 3.21. The van der Waals surface area contributed by atoms with Crippen molar-refractivity contribution in [3.63, 3.8) is 0 Å². The first kappa shape index (κ1) is 16.6. The van der Waals surface area contributed by atoms with Crippen LogP contribution in [0.3, 0.4) is 0 Å². The predicted octanol–water partition coefficient (Wildman–Crippen LogP) is 5.76. The maximum atomic E-state index is 14.1. The van der Waals surface area contributed by atoms with Crippen molar-refractivity contribution >= 4 is 50.2 Å². The number of rotatable bonds is 5. The lowest BCUT2D eigenvalue weighted by Gasteiger charge is -2.24. The van der Waals surface area contributed by atoms with Crippen LogP contribution in [-0.4, -0.2) is 13.1 Å². The number of halogens is 3. The molecule has 2 rings (SSSR count). The van der Waals surface area contributed by atoms with Crippen LogP contribution in [0.2, 0.25) is 4.34 Å². The summed E-state index contributed by atoms with van der Waals surface area (Å²) in [6.07, 6.45) is 0. The van der Waals surface area contributed by atoms with Gasteiger partial charge in [0.15, 0.2) is 0 Å². The Morgan fingerprint density at radius 3 is 2.62 bits per heavy atom. The Balaban J connectivity index is 2.06. The quantitative estimate of drug-likeness (QED) is 0.697. The van der Waals surface area contributed by atoms with Gasteiger partial charge < -0.3 is 10.2 Å². The topological polar surface area (TPSA) is 15.3 Å². The summed E-state index contributed by atoms with van der Waals surface area (Å²) in [5.41, 5.74) is 1.37. The molecule has 0 bridgehead atoms. The van der Waals surface area contributed by atoms with Gasteiger partial charge in [0.25, 0.3) is 0 Å². The minimum atomic E-state index is -0.221. The number of thiophene rings is 1. The minimum Gasteiger partial charge on any atom is -0.380 e. The molecule has 21 heavy (non-hydrogen) atoms. The van der Waals surface area contributed by atoms with E-state index in [1.54, 1.807) is 6.07 Å². The second-order valence-electron chi connectivity index (χ2n) is 5.06. The average molecular weight is 392 g/mol. The summed E-state index contributed by atoms with van der Waals surface area (Å²) in [6, 6.07) is 7.44. The van der Waals surface area contributed by atoms with Crippen molar-refractivity contribution in [3.05, 3.63) is 43.8 Å². The molecule has 2 aromatic rings. The number of nitrogens with one attached hydrogen (secondary N) is 1. The van der Waals surface area contributed by atoms with Crippen LogP contribution in [0.1, 0.15) is 18.7 Å². The van der Waals surface area contributed by atoms with E-state index in [-0.39, 0.29) is 11.9 Å². The number of anilines is 2. The van der Waals surface area contributed by atoms with Gasteiger partial charge in [-0.15, -0.1) is 11.3 Å². The highest BCUT2D eigenvalue weighted by atomic mass is 79.9. The fourth-order valence-electron chi connectivity index (χ4n) is 1.85. The Morgan fingerprint density at radius 1 is 1.38 bits per heavy atom. The largest absolute Gasteiger partial charge is 0.380 e. The molecule has 0 fully saturated rings. The van der Waals surface area contributed by atoms with Crippen molar-refractivity contribution in [2.24, 2.45) is 0 Å². The molecule has 0 unspecified atom stereocenters. The monoisotopic (exact) mass is 390 g/mol. The maximum Gasteiger partial charge on any atom is 0.148 e. The van der Waals surface area contributed by atoms with E-state index in [0.29, 0.717) is 12.2 Å². The van der Waals surface area contributed by atoms with Gasteiger partial charge in [-0.05, 0) is 54.0 Å². The third-order valence-corrected chi connectivity index (χ3v) is 5.74. The second-order valence-corrected chi connectivity index (χ2v) is 7.65. The third kappa shape index (κ3) is 4.11. The van der Waals surface area contributed by atoms with Gasteiger partial charge in [-0.25, -0.2) is 4.39 Å². The van der Waals surface area contributed by atoms with Gasteiger partial charge in [-0.1, -0.05) is 11.6 Å². The minimum absolute atomic E-state index is 0.221. The van der Waals surface area contributed by atoms with Crippen LogP contribution in [0, 0.1) is 5.82 Å². The average Bonchev–Trinajstić information content (AvgIpc) is 2.75. The van der Waals surface area contributed by atoms with E-state index in [4.69, 9.17) is 11.6 Å². The van der Waals surface area contributed by atoms with Crippen LogP contribution < -0.4 is 10.2 Å². The molecule has 1 aromatic heterocycles. The summed E-state index contributed by atoms with van der Waals surface area (Å²) in [6.45, 7) is 4.68. The van der Waals surface area contributed by atoms with Gasteiger partial charge in [0.1, 0.15) is 10.2 Å². The van der Waals surface area contributed by atoms with Crippen LogP contribution in [-0.2, 0) is 6.54 Å². The SMILES string of the molecule is CC(C)N(C)c1ccc(NCc2cc(Br)c(Cl)s2)cc1F. The molecule has 0 spiro atoms. The van der Waals surface area contributed by atoms with Gasteiger partial charge in [-0.3, -0.25) is 0 Å². The molecule has 0 amide bonds. The molecule has 0 saturated carbocycles. The van der Waals surface area contributed by atoms with Crippen molar-refractivity contribution < 1.29 is 4.39 Å². The van der Waals surface area contributed by atoms with Crippen LogP contribution in [0.25, 0.3) is 0 Å². The molecule has 0 saturated heterocycles. The molecular weight excluding hydrogens is 375 g/mol. The summed E-state index contributed by atoms with van der Waals surface area (Å²) in [7, 11) is 1.89.